The maximum Gasteiger partial charge on any atom is 0.332 e. The second-order valence-electron chi connectivity index (χ2n) is 3.80. The first-order valence-corrected chi connectivity index (χ1v) is 6.83. The lowest BCUT2D eigenvalue weighted by molar-refractivity contribution is -0.148. The van der Waals surface area contributed by atoms with Crippen LogP contribution in [-0.4, -0.2) is 38.5 Å². The molecule has 0 fully saturated rings. The minimum Gasteiger partial charge on any atom is -0.485 e. The highest BCUT2D eigenvalue weighted by Gasteiger charge is 2.21. The van der Waals surface area contributed by atoms with Gasteiger partial charge in [-0.3, -0.25) is 0 Å². The van der Waals surface area contributed by atoms with E-state index >= 15 is 0 Å². The summed E-state index contributed by atoms with van der Waals surface area (Å²) in [7, 11) is 0. The highest BCUT2D eigenvalue weighted by atomic mass is 32.1. The summed E-state index contributed by atoms with van der Waals surface area (Å²) in [6.45, 7) is 3.11. The molecule has 1 atom stereocenters. The molecule has 2 rings (SSSR count). The van der Waals surface area contributed by atoms with E-state index in [1.807, 2.05) is 10.8 Å². The van der Waals surface area contributed by atoms with Gasteiger partial charge in [-0.25, -0.2) is 4.79 Å². The van der Waals surface area contributed by atoms with Crippen LogP contribution in [0.2, 0.25) is 0 Å². The lowest BCUT2D eigenvalue weighted by atomic mass is 10.2. The van der Waals surface area contributed by atoms with E-state index in [-0.39, 0.29) is 18.7 Å². The van der Waals surface area contributed by atoms with Crippen LogP contribution in [0.5, 0.6) is 11.5 Å². The molecule has 5 nitrogen and oxygen atoms in total. The molecule has 1 unspecified atom stereocenters. The zero-order valence-electron chi connectivity index (χ0n) is 10.2. The molecule has 0 aliphatic carbocycles. The van der Waals surface area contributed by atoms with E-state index in [9.17, 15) is 4.79 Å². The molecule has 0 saturated carbocycles. The fourth-order valence-electron chi connectivity index (χ4n) is 1.58. The lowest BCUT2D eigenvalue weighted by Gasteiger charge is -2.24. The van der Waals surface area contributed by atoms with Crippen molar-refractivity contribution in [3.05, 3.63) is 10.8 Å². The monoisotopic (exact) mass is 272 g/mol. The Morgan fingerprint density at radius 1 is 1.50 bits per heavy atom. The summed E-state index contributed by atoms with van der Waals surface area (Å²) >= 11 is 1.55. The quantitative estimate of drug-likeness (QED) is 0.584. The first-order valence-electron chi connectivity index (χ1n) is 5.88. The molecule has 1 aliphatic rings. The molecule has 0 spiro atoms. The van der Waals surface area contributed by atoms with Crippen LogP contribution >= 0.6 is 11.3 Å². The summed E-state index contributed by atoms with van der Waals surface area (Å²) in [6.07, 6.45) is 0.670. The number of thiophene rings is 1. The number of ether oxygens (including phenoxy) is 4. The summed E-state index contributed by atoms with van der Waals surface area (Å²) in [6, 6.07) is 0. The van der Waals surface area contributed by atoms with Crippen LogP contribution in [0.1, 0.15) is 13.3 Å². The molecule has 18 heavy (non-hydrogen) atoms. The number of rotatable bonds is 6. The van der Waals surface area contributed by atoms with Gasteiger partial charge in [0.05, 0.1) is 13.2 Å². The standard InChI is InChI=1S/C12H16O5S/c1-2-15-12(13)6-14-4-3-9-5-16-10-7-18-8-11(10)17-9/h7-9H,2-6H2,1H3. The van der Waals surface area contributed by atoms with Crippen molar-refractivity contribution < 1.29 is 23.7 Å². The van der Waals surface area contributed by atoms with Crippen LogP contribution in [0, 0.1) is 0 Å². The molecule has 0 aromatic carbocycles. The van der Waals surface area contributed by atoms with E-state index in [4.69, 9.17) is 18.9 Å². The zero-order valence-corrected chi connectivity index (χ0v) is 11.0. The molecule has 2 heterocycles. The zero-order chi connectivity index (χ0) is 12.8. The maximum absolute atomic E-state index is 11.0. The Hall–Kier alpha value is -1.27. The second kappa shape index (κ2) is 6.61. The number of fused-ring (bicyclic) bond motifs is 1. The van der Waals surface area contributed by atoms with Crippen LogP contribution in [0.25, 0.3) is 0 Å². The van der Waals surface area contributed by atoms with E-state index in [1.165, 1.54) is 0 Å². The van der Waals surface area contributed by atoms with Gasteiger partial charge in [0.25, 0.3) is 0 Å². The predicted molar refractivity (Wildman–Crippen MR) is 66.3 cm³/mol. The third kappa shape index (κ3) is 3.61. The van der Waals surface area contributed by atoms with Crippen molar-refractivity contribution in [2.45, 2.75) is 19.4 Å². The van der Waals surface area contributed by atoms with Gasteiger partial charge in [0.1, 0.15) is 19.3 Å². The molecule has 100 valence electrons. The van der Waals surface area contributed by atoms with E-state index in [2.05, 4.69) is 0 Å². The van der Waals surface area contributed by atoms with Gasteiger partial charge in [0.15, 0.2) is 11.5 Å². The van der Waals surface area contributed by atoms with Crippen molar-refractivity contribution in [1.82, 2.24) is 0 Å². The van der Waals surface area contributed by atoms with E-state index < -0.39 is 0 Å². The van der Waals surface area contributed by atoms with Gasteiger partial charge in [0.2, 0.25) is 0 Å². The molecule has 0 amide bonds. The van der Waals surface area contributed by atoms with E-state index in [1.54, 1.807) is 18.3 Å². The lowest BCUT2D eigenvalue weighted by Crippen LogP contribution is -2.30. The van der Waals surface area contributed by atoms with Crippen molar-refractivity contribution in [2.75, 3.05) is 26.4 Å². The highest BCUT2D eigenvalue weighted by Crippen LogP contribution is 2.35. The fraction of sp³-hybridized carbons (Fsp3) is 0.583. The Morgan fingerprint density at radius 2 is 2.33 bits per heavy atom. The maximum atomic E-state index is 11.0. The highest BCUT2D eigenvalue weighted by molar-refractivity contribution is 7.08. The molecule has 0 bridgehead atoms. The van der Waals surface area contributed by atoms with Gasteiger partial charge in [-0.1, -0.05) is 0 Å². The van der Waals surface area contributed by atoms with Gasteiger partial charge >= 0.3 is 5.97 Å². The van der Waals surface area contributed by atoms with Gasteiger partial charge in [-0.2, -0.15) is 0 Å². The van der Waals surface area contributed by atoms with Crippen LogP contribution in [-0.2, 0) is 14.3 Å². The van der Waals surface area contributed by atoms with Crippen molar-refractivity contribution in [3.63, 3.8) is 0 Å². The SMILES string of the molecule is CCOC(=O)COCCC1COc2cscc2O1. The first kappa shape index (κ1) is 13.2. The van der Waals surface area contributed by atoms with Crippen LogP contribution < -0.4 is 9.47 Å². The van der Waals surface area contributed by atoms with Crippen molar-refractivity contribution in [1.29, 1.82) is 0 Å². The third-order valence-corrected chi connectivity index (χ3v) is 3.12. The summed E-state index contributed by atoms with van der Waals surface area (Å²) in [5.41, 5.74) is 0. The number of hydrogen-bond acceptors (Lipinski definition) is 6. The molecule has 1 aliphatic heterocycles. The Morgan fingerprint density at radius 3 is 3.17 bits per heavy atom. The first-order chi connectivity index (χ1) is 8.79. The van der Waals surface area contributed by atoms with Gasteiger partial charge < -0.3 is 18.9 Å². The largest absolute Gasteiger partial charge is 0.485 e. The van der Waals surface area contributed by atoms with Crippen LogP contribution in [0.4, 0.5) is 0 Å². The molecular weight excluding hydrogens is 256 g/mol. The molecule has 0 N–H and O–H groups in total. The van der Waals surface area contributed by atoms with Crippen molar-refractivity contribution in [2.24, 2.45) is 0 Å². The fourth-order valence-corrected chi connectivity index (χ4v) is 2.25. The van der Waals surface area contributed by atoms with E-state index in [0.717, 1.165) is 11.5 Å². The Kier molecular flexibility index (Phi) is 4.83. The number of esters is 1. The third-order valence-electron chi connectivity index (χ3n) is 2.42. The van der Waals surface area contributed by atoms with Crippen molar-refractivity contribution in [3.8, 4) is 11.5 Å². The molecule has 6 heteroatoms. The average Bonchev–Trinajstić information content (AvgIpc) is 2.82. The minimum atomic E-state index is -0.335. The topological polar surface area (TPSA) is 54.0 Å². The van der Waals surface area contributed by atoms with Gasteiger partial charge in [-0.05, 0) is 6.92 Å². The number of carbonyl (C=O) groups is 1. The minimum absolute atomic E-state index is 0.00881. The second-order valence-corrected chi connectivity index (χ2v) is 4.54. The van der Waals surface area contributed by atoms with Gasteiger partial charge in [-0.15, -0.1) is 11.3 Å². The van der Waals surface area contributed by atoms with Crippen LogP contribution in [0.3, 0.4) is 0 Å². The molecule has 0 saturated heterocycles. The molecular formula is C12H16O5S. The molecule has 1 aromatic rings. The molecule has 1 aromatic heterocycles. The summed E-state index contributed by atoms with van der Waals surface area (Å²) in [5.74, 6) is 1.27. The molecule has 0 radical (unpaired) electrons. The van der Waals surface area contributed by atoms with E-state index in [0.29, 0.717) is 26.2 Å². The predicted octanol–water partition coefficient (Wildman–Crippen LogP) is 1.86. The smallest absolute Gasteiger partial charge is 0.332 e. The summed E-state index contributed by atoms with van der Waals surface area (Å²) in [4.78, 5) is 11.0. The number of hydrogen-bond donors (Lipinski definition) is 0. The Labute approximate surface area is 110 Å². The Bertz CT molecular complexity index is 390. The van der Waals surface area contributed by atoms with Crippen molar-refractivity contribution >= 4 is 17.3 Å². The normalized spacial score (nSPS) is 17.5. The van der Waals surface area contributed by atoms with Gasteiger partial charge in [0, 0.05) is 17.2 Å². The summed E-state index contributed by atoms with van der Waals surface area (Å²) < 4.78 is 21.2. The Balaban J connectivity index is 1.62. The number of carbonyl (C=O) groups excluding carboxylic acids is 1. The summed E-state index contributed by atoms with van der Waals surface area (Å²) in [5, 5.41) is 3.84. The average molecular weight is 272 g/mol. The van der Waals surface area contributed by atoms with Crippen LogP contribution in [0.15, 0.2) is 10.8 Å².